The summed E-state index contributed by atoms with van der Waals surface area (Å²) < 4.78 is 0. The normalized spacial score (nSPS) is 17.4. The third-order valence-electron chi connectivity index (χ3n) is 6.99. The second-order valence-electron chi connectivity index (χ2n) is 10.1. The topological polar surface area (TPSA) is 108 Å². The number of pyridine rings is 3. The Labute approximate surface area is 220 Å². The molecule has 7 rings (SSSR count). The summed E-state index contributed by atoms with van der Waals surface area (Å²) in [7, 11) is 6.12. The van der Waals surface area contributed by atoms with Gasteiger partial charge in [0.05, 0.1) is 11.4 Å². The van der Waals surface area contributed by atoms with Crippen molar-refractivity contribution in [3.8, 4) is 11.1 Å². The molecular weight excluding hydrogens is 474 g/mol. The Morgan fingerprint density at radius 2 is 1.89 bits per heavy atom. The molecule has 9 nitrogen and oxygen atoms in total. The maximum absolute atomic E-state index is 5.12. The number of fused-ring (bicyclic) bond motifs is 4. The molecular formula is C29H27N9. The van der Waals surface area contributed by atoms with Crippen LogP contribution >= 0.6 is 0 Å². The summed E-state index contributed by atoms with van der Waals surface area (Å²) in [5.74, 6) is 1.63. The van der Waals surface area contributed by atoms with Gasteiger partial charge in [-0.3, -0.25) is 15.0 Å². The van der Waals surface area contributed by atoms with Crippen LogP contribution in [0.15, 0.2) is 78.1 Å². The van der Waals surface area contributed by atoms with Crippen LogP contribution in [0.5, 0.6) is 0 Å². The fourth-order valence-electron chi connectivity index (χ4n) is 5.14. The summed E-state index contributed by atoms with van der Waals surface area (Å²) in [5.41, 5.74) is 10.2. The number of hydrogen-bond acceptors (Lipinski definition) is 8. The number of anilines is 1. The molecule has 2 N–H and O–H groups in total. The van der Waals surface area contributed by atoms with Gasteiger partial charge in [0.2, 0.25) is 0 Å². The first-order valence-electron chi connectivity index (χ1n) is 12.6. The van der Waals surface area contributed by atoms with Crippen molar-refractivity contribution < 1.29 is 0 Å². The Hall–Kier alpha value is -4.63. The number of imidazole rings is 1. The summed E-state index contributed by atoms with van der Waals surface area (Å²) in [6.07, 6.45) is 13.6. The zero-order chi connectivity index (χ0) is 25.8. The van der Waals surface area contributed by atoms with E-state index in [0.29, 0.717) is 6.67 Å². The van der Waals surface area contributed by atoms with Crippen LogP contribution in [0.4, 0.5) is 5.82 Å². The predicted molar refractivity (Wildman–Crippen MR) is 148 cm³/mol. The number of aromatic amines is 1. The molecule has 1 saturated heterocycles. The Kier molecular flexibility index (Phi) is 5.19. The molecule has 1 unspecified atom stereocenters. The number of aromatic nitrogens is 5. The van der Waals surface area contributed by atoms with Crippen LogP contribution in [0.25, 0.3) is 16.7 Å². The molecule has 188 valence electrons. The van der Waals surface area contributed by atoms with E-state index in [1.165, 1.54) is 5.70 Å². The standard InChI is InChI=1S/C29H27N9/c1-37(2)15-17-9-19(13-31-11-17)20-10-22-25(33-16-38(3)29(22)32-14-20)28-35-24-21(18-5-4-8-30-12-18)6-7-23-26(34-23)27(24)36-28/h4-14,26,34H,15-16H2,1-3H3,(H,35,36). The summed E-state index contributed by atoms with van der Waals surface area (Å²) in [6, 6.07) is 8.48. The number of allylic oxidation sites excluding steroid dienone is 2. The van der Waals surface area contributed by atoms with Gasteiger partial charge in [-0.05, 0) is 43.9 Å². The van der Waals surface area contributed by atoms with Crippen molar-refractivity contribution >= 4 is 17.1 Å². The molecule has 0 bridgehead atoms. The molecule has 4 aromatic heterocycles. The van der Waals surface area contributed by atoms with Gasteiger partial charge in [0, 0.05) is 78.1 Å². The zero-order valence-corrected chi connectivity index (χ0v) is 21.5. The lowest BCUT2D eigenvalue weighted by Gasteiger charge is -2.25. The van der Waals surface area contributed by atoms with Crippen LogP contribution in [0.3, 0.4) is 0 Å². The first-order valence-corrected chi connectivity index (χ1v) is 12.6. The molecule has 1 fully saturated rings. The highest BCUT2D eigenvalue weighted by Gasteiger charge is 2.38. The Balaban J connectivity index is 1.31. The van der Waals surface area contributed by atoms with Gasteiger partial charge < -0.3 is 20.1 Å². The quantitative estimate of drug-likeness (QED) is 0.403. The third kappa shape index (κ3) is 3.88. The Morgan fingerprint density at radius 3 is 2.74 bits per heavy atom. The van der Waals surface area contributed by atoms with Crippen molar-refractivity contribution in [3.63, 3.8) is 0 Å². The van der Waals surface area contributed by atoms with Crippen molar-refractivity contribution in [2.24, 2.45) is 4.99 Å². The largest absolute Gasteiger partial charge is 0.373 e. The molecule has 1 atom stereocenters. The molecule has 0 spiro atoms. The van der Waals surface area contributed by atoms with Gasteiger partial charge in [0.15, 0.2) is 5.82 Å². The second-order valence-corrected chi connectivity index (χ2v) is 10.1. The van der Waals surface area contributed by atoms with Crippen molar-refractivity contribution in [3.05, 3.63) is 107 Å². The van der Waals surface area contributed by atoms with E-state index in [0.717, 1.165) is 68.7 Å². The van der Waals surface area contributed by atoms with Crippen LogP contribution in [-0.2, 0) is 6.54 Å². The van der Waals surface area contributed by atoms with Crippen molar-refractivity contribution in [1.29, 1.82) is 0 Å². The van der Waals surface area contributed by atoms with E-state index < -0.39 is 0 Å². The highest BCUT2D eigenvalue weighted by Crippen LogP contribution is 2.41. The van der Waals surface area contributed by atoms with Crippen LogP contribution in [0.2, 0.25) is 0 Å². The molecule has 9 heteroatoms. The van der Waals surface area contributed by atoms with Gasteiger partial charge in [0.25, 0.3) is 0 Å². The zero-order valence-electron chi connectivity index (χ0n) is 21.5. The third-order valence-corrected chi connectivity index (χ3v) is 6.99. The highest BCUT2D eigenvalue weighted by molar-refractivity contribution is 6.15. The number of rotatable bonds is 5. The van der Waals surface area contributed by atoms with Gasteiger partial charge in [-0.1, -0.05) is 12.1 Å². The first kappa shape index (κ1) is 22.6. The minimum atomic E-state index is 0.137. The maximum atomic E-state index is 5.12. The molecule has 38 heavy (non-hydrogen) atoms. The van der Waals surface area contributed by atoms with Crippen molar-refractivity contribution in [2.75, 3.05) is 32.7 Å². The average Bonchev–Trinajstić information content (AvgIpc) is 3.60. The number of H-pyrrole nitrogens is 1. The van der Waals surface area contributed by atoms with E-state index in [1.807, 2.05) is 37.9 Å². The van der Waals surface area contributed by atoms with Crippen LogP contribution in [-0.4, -0.2) is 63.3 Å². The fourth-order valence-corrected chi connectivity index (χ4v) is 5.14. The fraction of sp³-hybridized carbons (Fsp3) is 0.207. The molecule has 0 radical (unpaired) electrons. The Bertz CT molecular complexity index is 1650. The Morgan fingerprint density at radius 1 is 1.03 bits per heavy atom. The van der Waals surface area contributed by atoms with Crippen molar-refractivity contribution in [2.45, 2.75) is 12.6 Å². The van der Waals surface area contributed by atoms with E-state index in [-0.39, 0.29) is 6.04 Å². The molecule has 3 aliphatic rings. The summed E-state index contributed by atoms with van der Waals surface area (Å²) >= 11 is 0. The number of hydrogen-bond donors (Lipinski definition) is 2. The second kappa shape index (κ2) is 8.74. The van der Waals surface area contributed by atoms with E-state index in [4.69, 9.17) is 15.0 Å². The highest BCUT2D eigenvalue weighted by atomic mass is 15.2. The lowest BCUT2D eigenvalue weighted by Crippen LogP contribution is -2.28. The SMILES string of the molecule is CN(C)Cc1cncc(-c2cnc3c(c2)C(c2nc4c([nH]2)C2NC2=CC=C4c2cccnc2)=NCN3C)c1. The summed E-state index contributed by atoms with van der Waals surface area (Å²) in [6.45, 7) is 1.34. The molecule has 0 amide bonds. The number of nitrogens with zero attached hydrogens (tertiary/aromatic N) is 7. The minimum Gasteiger partial charge on any atom is -0.373 e. The lowest BCUT2D eigenvalue weighted by molar-refractivity contribution is 0.402. The average molecular weight is 502 g/mol. The summed E-state index contributed by atoms with van der Waals surface area (Å²) in [4.78, 5) is 31.5. The van der Waals surface area contributed by atoms with E-state index in [2.05, 4.69) is 74.5 Å². The lowest BCUT2D eigenvalue weighted by atomic mass is 10.0. The number of nitrogens with one attached hydrogen (secondary N) is 2. The van der Waals surface area contributed by atoms with Crippen molar-refractivity contribution in [1.82, 2.24) is 35.1 Å². The monoisotopic (exact) mass is 501 g/mol. The van der Waals surface area contributed by atoms with Crippen LogP contribution in [0.1, 0.15) is 39.9 Å². The molecule has 2 aliphatic heterocycles. The smallest absolute Gasteiger partial charge is 0.157 e. The maximum Gasteiger partial charge on any atom is 0.157 e. The molecule has 0 saturated carbocycles. The van der Waals surface area contributed by atoms with Crippen LogP contribution in [0, 0.1) is 0 Å². The number of aliphatic imine (C=N–C) groups is 1. The minimum absolute atomic E-state index is 0.137. The van der Waals surface area contributed by atoms with Gasteiger partial charge in [0.1, 0.15) is 24.2 Å². The van der Waals surface area contributed by atoms with E-state index >= 15 is 0 Å². The van der Waals surface area contributed by atoms with Gasteiger partial charge in [-0.25, -0.2) is 9.97 Å². The molecule has 6 heterocycles. The molecule has 0 aromatic carbocycles. The molecule has 1 aliphatic carbocycles. The molecule has 4 aromatic rings. The van der Waals surface area contributed by atoms with Gasteiger partial charge in [-0.15, -0.1) is 0 Å². The summed E-state index contributed by atoms with van der Waals surface area (Å²) in [5, 5.41) is 3.45. The van der Waals surface area contributed by atoms with Gasteiger partial charge >= 0.3 is 0 Å². The van der Waals surface area contributed by atoms with Crippen LogP contribution < -0.4 is 10.2 Å². The first-order chi connectivity index (χ1) is 18.5. The van der Waals surface area contributed by atoms with Gasteiger partial charge in [-0.2, -0.15) is 0 Å². The predicted octanol–water partition coefficient (Wildman–Crippen LogP) is 3.54. The van der Waals surface area contributed by atoms with E-state index in [9.17, 15) is 0 Å². The van der Waals surface area contributed by atoms with E-state index in [1.54, 1.807) is 6.20 Å².